The van der Waals surface area contributed by atoms with Crippen molar-refractivity contribution in [2.24, 2.45) is 4.99 Å². The molecule has 19 heavy (non-hydrogen) atoms. The van der Waals surface area contributed by atoms with Gasteiger partial charge in [-0.25, -0.2) is 0 Å². The summed E-state index contributed by atoms with van der Waals surface area (Å²) >= 11 is 1.83. The van der Waals surface area contributed by atoms with Gasteiger partial charge in [0.2, 0.25) is 0 Å². The molecule has 5 nitrogen and oxygen atoms in total. The van der Waals surface area contributed by atoms with Crippen molar-refractivity contribution in [2.75, 3.05) is 26.9 Å². The van der Waals surface area contributed by atoms with Gasteiger partial charge in [-0.15, -0.1) is 24.0 Å². The van der Waals surface area contributed by atoms with Gasteiger partial charge in [0.25, 0.3) is 0 Å². The number of hydrogen-bond acceptors (Lipinski definition) is 4. The first-order chi connectivity index (χ1) is 8.48. The highest BCUT2D eigenvalue weighted by molar-refractivity contribution is 14.0. The Kier molecular flexibility index (Phi) is 8.47. The number of hydrogen-bond donors (Lipinski definition) is 1. The second-order valence-corrected chi connectivity index (χ2v) is 6.22. The van der Waals surface area contributed by atoms with Crippen LogP contribution in [-0.4, -0.2) is 47.7 Å². The van der Waals surface area contributed by atoms with Crippen molar-refractivity contribution in [1.29, 1.82) is 0 Å². The molecule has 1 rings (SSSR count). The highest BCUT2D eigenvalue weighted by Crippen LogP contribution is 2.19. The lowest BCUT2D eigenvalue weighted by Crippen LogP contribution is -2.43. The number of nitrogens with one attached hydrogen (secondary N) is 1. The van der Waals surface area contributed by atoms with Gasteiger partial charge in [-0.3, -0.25) is 4.99 Å². The zero-order chi connectivity index (χ0) is 13.6. The standard InChI is InChI=1S/C12H22N4OS.HI/c1-12(2,18-5)9-14-11(13-3)16(4)8-10-6-7-17-15-10;/h6-7H,8-9H2,1-5H3,(H,13,14);1H. The van der Waals surface area contributed by atoms with Crippen LogP contribution in [0.25, 0.3) is 0 Å². The summed E-state index contributed by atoms with van der Waals surface area (Å²) in [6.45, 7) is 5.95. The quantitative estimate of drug-likeness (QED) is 0.469. The van der Waals surface area contributed by atoms with E-state index in [9.17, 15) is 0 Å². The molecule has 1 aromatic rings. The molecule has 0 aliphatic carbocycles. The van der Waals surface area contributed by atoms with Crippen LogP contribution in [0.4, 0.5) is 0 Å². The fourth-order valence-electron chi connectivity index (χ4n) is 1.39. The smallest absolute Gasteiger partial charge is 0.193 e. The van der Waals surface area contributed by atoms with Crippen molar-refractivity contribution in [3.8, 4) is 0 Å². The van der Waals surface area contributed by atoms with Crippen LogP contribution < -0.4 is 5.32 Å². The van der Waals surface area contributed by atoms with Crippen LogP contribution in [-0.2, 0) is 6.54 Å². The zero-order valence-electron chi connectivity index (χ0n) is 12.1. The number of aliphatic imine (C=N–C) groups is 1. The normalized spacial score (nSPS) is 11.9. The van der Waals surface area contributed by atoms with E-state index in [-0.39, 0.29) is 28.7 Å². The molecule has 110 valence electrons. The van der Waals surface area contributed by atoms with Crippen molar-refractivity contribution in [3.05, 3.63) is 18.0 Å². The lowest BCUT2D eigenvalue weighted by molar-refractivity contribution is 0.390. The van der Waals surface area contributed by atoms with Gasteiger partial charge in [-0.05, 0) is 20.1 Å². The molecule has 0 bridgehead atoms. The third-order valence-corrected chi connectivity index (χ3v) is 3.94. The van der Waals surface area contributed by atoms with Crippen molar-refractivity contribution in [1.82, 2.24) is 15.4 Å². The summed E-state index contributed by atoms with van der Waals surface area (Å²) in [7, 11) is 3.77. The Balaban J connectivity index is 0.00000324. The van der Waals surface area contributed by atoms with Crippen LogP contribution in [0.1, 0.15) is 19.5 Å². The Labute approximate surface area is 136 Å². The van der Waals surface area contributed by atoms with E-state index in [4.69, 9.17) is 4.52 Å². The largest absolute Gasteiger partial charge is 0.364 e. The van der Waals surface area contributed by atoms with E-state index in [1.807, 2.05) is 29.8 Å². The molecule has 0 unspecified atom stereocenters. The van der Waals surface area contributed by atoms with Crippen molar-refractivity contribution < 1.29 is 4.52 Å². The van der Waals surface area contributed by atoms with Crippen LogP contribution >= 0.6 is 35.7 Å². The highest BCUT2D eigenvalue weighted by Gasteiger charge is 2.17. The van der Waals surface area contributed by atoms with Gasteiger partial charge in [0.1, 0.15) is 12.0 Å². The molecule has 0 radical (unpaired) electrons. The third kappa shape index (κ3) is 6.51. The predicted molar refractivity (Wildman–Crippen MR) is 92.3 cm³/mol. The molecule has 0 aliphatic heterocycles. The van der Waals surface area contributed by atoms with E-state index in [0.29, 0.717) is 6.54 Å². The number of rotatable bonds is 5. The Morgan fingerprint density at radius 2 is 2.26 bits per heavy atom. The molecule has 1 N–H and O–H groups in total. The van der Waals surface area contributed by atoms with Crippen LogP contribution in [0.3, 0.4) is 0 Å². The summed E-state index contributed by atoms with van der Waals surface area (Å²) in [6.07, 6.45) is 3.69. The van der Waals surface area contributed by atoms with Gasteiger partial charge < -0.3 is 14.7 Å². The Hall–Kier alpha value is -0.440. The second-order valence-electron chi connectivity index (χ2n) is 4.71. The number of guanidine groups is 1. The number of halogens is 1. The van der Waals surface area contributed by atoms with Crippen molar-refractivity contribution >= 4 is 41.7 Å². The maximum atomic E-state index is 4.82. The van der Waals surface area contributed by atoms with E-state index < -0.39 is 0 Å². The van der Waals surface area contributed by atoms with E-state index in [0.717, 1.165) is 18.2 Å². The van der Waals surface area contributed by atoms with Gasteiger partial charge in [-0.1, -0.05) is 5.16 Å². The first-order valence-electron chi connectivity index (χ1n) is 5.84. The molecule has 7 heteroatoms. The lowest BCUT2D eigenvalue weighted by atomic mass is 10.2. The molecule has 0 aliphatic rings. The minimum absolute atomic E-state index is 0. The van der Waals surface area contributed by atoms with Crippen LogP contribution in [0.2, 0.25) is 0 Å². The second kappa shape index (κ2) is 8.68. The molecule has 0 saturated carbocycles. The predicted octanol–water partition coefficient (Wildman–Crippen LogP) is 2.44. The van der Waals surface area contributed by atoms with Crippen molar-refractivity contribution in [2.45, 2.75) is 25.1 Å². The minimum Gasteiger partial charge on any atom is -0.364 e. The fourth-order valence-corrected chi connectivity index (χ4v) is 1.60. The molecule has 1 heterocycles. The summed E-state index contributed by atoms with van der Waals surface area (Å²) in [6, 6.07) is 1.86. The van der Waals surface area contributed by atoms with Crippen molar-refractivity contribution in [3.63, 3.8) is 0 Å². The molecular formula is C12H23IN4OS. The third-order valence-electron chi connectivity index (χ3n) is 2.69. The Bertz CT molecular complexity index is 381. The highest BCUT2D eigenvalue weighted by atomic mass is 127. The fraction of sp³-hybridized carbons (Fsp3) is 0.667. The zero-order valence-corrected chi connectivity index (χ0v) is 15.3. The molecule has 0 amide bonds. The molecule has 0 fully saturated rings. The van der Waals surface area contributed by atoms with Crippen LogP contribution in [0.15, 0.2) is 21.8 Å². The van der Waals surface area contributed by atoms with Crippen LogP contribution in [0, 0.1) is 0 Å². The Morgan fingerprint density at radius 3 is 2.74 bits per heavy atom. The number of aromatic nitrogens is 1. The average Bonchev–Trinajstić information content (AvgIpc) is 2.82. The van der Waals surface area contributed by atoms with E-state index in [2.05, 4.69) is 35.6 Å². The van der Waals surface area contributed by atoms with Gasteiger partial charge in [0, 0.05) is 31.5 Å². The topological polar surface area (TPSA) is 53.7 Å². The van der Waals surface area contributed by atoms with E-state index in [1.165, 1.54) is 0 Å². The van der Waals surface area contributed by atoms with Gasteiger partial charge in [0.15, 0.2) is 5.96 Å². The molecule has 0 saturated heterocycles. The van der Waals surface area contributed by atoms with Crippen LogP contribution in [0.5, 0.6) is 0 Å². The molecule has 0 aromatic carbocycles. The Morgan fingerprint density at radius 1 is 1.58 bits per heavy atom. The summed E-state index contributed by atoms with van der Waals surface area (Å²) < 4.78 is 5.01. The molecule has 0 spiro atoms. The monoisotopic (exact) mass is 398 g/mol. The van der Waals surface area contributed by atoms with Gasteiger partial charge in [-0.2, -0.15) is 11.8 Å². The summed E-state index contributed by atoms with van der Waals surface area (Å²) in [4.78, 5) is 6.29. The summed E-state index contributed by atoms with van der Waals surface area (Å²) in [5.74, 6) is 0.861. The number of thioether (sulfide) groups is 1. The molecular weight excluding hydrogens is 375 g/mol. The number of nitrogens with zero attached hydrogens (tertiary/aromatic N) is 3. The molecule has 1 aromatic heterocycles. The minimum atomic E-state index is 0. The first kappa shape index (κ1) is 18.6. The molecule has 0 atom stereocenters. The maximum absolute atomic E-state index is 4.82. The van der Waals surface area contributed by atoms with E-state index in [1.54, 1.807) is 13.3 Å². The SMILES string of the molecule is CN=C(NCC(C)(C)SC)N(C)Cc1ccon1.I. The van der Waals surface area contributed by atoms with Gasteiger partial charge >= 0.3 is 0 Å². The van der Waals surface area contributed by atoms with E-state index >= 15 is 0 Å². The first-order valence-corrected chi connectivity index (χ1v) is 7.07. The van der Waals surface area contributed by atoms with Gasteiger partial charge in [0.05, 0.1) is 6.54 Å². The average molecular weight is 398 g/mol. The lowest BCUT2D eigenvalue weighted by Gasteiger charge is -2.27. The summed E-state index contributed by atoms with van der Waals surface area (Å²) in [5, 5.41) is 7.26. The maximum Gasteiger partial charge on any atom is 0.193 e. The summed E-state index contributed by atoms with van der Waals surface area (Å²) in [5.41, 5.74) is 0.893.